The van der Waals surface area contributed by atoms with Crippen molar-refractivity contribution in [3.05, 3.63) is 47.3 Å². The van der Waals surface area contributed by atoms with Crippen molar-refractivity contribution in [2.45, 2.75) is 44.3 Å². The summed E-state index contributed by atoms with van der Waals surface area (Å²) >= 11 is 1.34. The zero-order chi connectivity index (χ0) is 16.8. The number of aliphatic hydroxyl groups is 1. The van der Waals surface area contributed by atoms with Crippen LogP contribution in [-0.4, -0.2) is 32.5 Å². The van der Waals surface area contributed by atoms with Crippen molar-refractivity contribution in [3.8, 4) is 0 Å². The van der Waals surface area contributed by atoms with Crippen LogP contribution in [0.4, 0.5) is 0 Å². The van der Waals surface area contributed by atoms with Crippen LogP contribution >= 0.6 is 11.8 Å². The van der Waals surface area contributed by atoms with Crippen molar-refractivity contribution >= 4 is 17.7 Å². The lowest BCUT2D eigenvalue weighted by atomic mass is 10.1. The molecule has 2 aromatic rings. The summed E-state index contributed by atoms with van der Waals surface area (Å²) in [4.78, 5) is 16.2. The van der Waals surface area contributed by atoms with E-state index >= 15 is 0 Å². The summed E-state index contributed by atoms with van der Waals surface area (Å²) in [7, 11) is 0. The van der Waals surface area contributed by atoms with Gasteiger partial charge in [-0.1, -0.05) is 41.6 Å². The predicted octanol–water partition coefficient (Wildman–Crippen LogP) is 2.78. The second kappa shape index (κ2) is 8.17. The lowest BCUT2D eigenvalue weighted by molar-refractivity contribution is -0.142. The Kier molecular flexibility index (Phi) is 6.24. The Balaban J connectivity index is 2.21. The number of nitrogens with zero attached hydrogens (tertiary/aromatic N) is 2. The Bertz CT molecular complexity index is 670. The third-order valence-corrected chi connectivity index (χ3v) is 4.47. The van der Waals surface area contributed by atoms with Crippen LogP contribution in [0.3, 0.4) is 0 Å². The molecule has 6 heteroatoms. The van der Waals surface area contributed by atoms with Gasteiger partial charge in [0.05, 0.1) is 25.1 Å². The molecule has 1 N–H and O–H groups in total. The zero-order valence-electron chi connectivity index (χ0n) is 13.7. The highest BCUT2D eigenvalue weighted by Gasteiger charge is 2.20. The molecule has 0 saturated carbocycles. The Hall–Kier alpha value is -1.79. The minimum atomic E-state index is -0.347. The first-order chi connectivity index (χ1) is 11.0. The molecule has 0 spiro atoms. The number of imidazole rings is 1. The lowest BCUT2D eigenvalue weighted by Gasteiger charge is -2.14. The van der Waals surface area contributed by atoms with Crippen molar-refractivity contribution in [2.75, 3.05) is 6.61 Å². The highest BCUT2D eigenvalue weighted by molar-refractivity contribution is 8.00. The minimum absolute atomic E-state index is 0.0901. The number of aromatic nitrogens is 2. The van der Waals surface area contributed by atoms with Crippen molar-refractivity contribution in [1.82, 2.24) is 9.55 Å². The molecule has 1 heterocycles. The van der Waals surface area contributed by atoms with Gasteiger partial charge >= 0.3 is 5.97 Å². The summed E-state index contributed by atoms with van der Waals surface area (Å²) in [6.45, 7) is 6.51. The molecule has 5 nitrogen and oxygen atoms in total. The van der Waals surface area contributed by atoms with Crippen LogP contribution in [0.2, 0.25) is 0 Å². The number of rotatable bonds is 7. The molecular weight excluding hydrogens is 312 g/mol. The van der Waals surface area contributed by atoms with Gasteiger partial charge in [-0.05, 0) is 26.3 Å². The summed E-state index contributed by atoms with van der Waals surface area (Å²) in [5, 5.41) is 9.89. The van der Waals surface area contributed by atoms with E-state index in [0.717, 1.165) is 11.3 Å². The van der Waals surface area contributed by atoms with Gasteiger partial charge in [0.25, 0.3) is 0 Å². The van der Waals surface area contributed by atoms with E-state index in [-0.39, 0.29) is 17.8 Å². The van der Waals surface area contributed by atoms with Crippen LogP contribution in [-0.2, 0) is 22.7 Å². The fourth-order valence-corrected chi connectivity index (χ4v) is 3.14. The number of ether oxygens (including phenoxy) is 1. The molecule has 0 aliphatic heterocycles. The van der Waals surface area contributed by atoms with Crippen LogP contribution in [0.15, 0.2) is 35.6 Å². The van der Waals surface area contributed by atoms with Crippen molar-refractivity contribution < 1.29 is 14.6 Å². The molecule has 0 amide bonds. The summed E-state index contributed by atoms with van der Waals surface area (Å²) in [6, 6.07) is 8.19. The Morgan fingerprint density at radius 3 is 2.91 bits per heavy atom. The highest BCUT2D eigenvalue weighted by atomic mass is 32.2. The van der Waals surface area contributed by atoms with Gasteiger partial charge in [-0.15, -0.1) is 0 Å². The van der Waals surface area contributed by atoms with Gasteiger partial charge in [0, 0.05) is 6.54 Å². The van der Waals surface area contributed by atoms with Crippen LogP contribution in [0.1, 0.15) is 30.7 Å². The van der Waals surface area contributed by atoms with E-state index in [1.165, 1.54) is 17.3 Å². The van der Waals surface area contributed by atoms with Gasteiger partial charge in [0.1, 0.15) is 5.25 Å². The molecule has 1 atom stereocenters. The van der Waals surface area contributed by atoms with Gasteiger partial charge in [0.15, 0.2) is 5.16 Å². The van der Waals surface area contributed by atoms with E-state index in [9.17, 15) is 9.90 Å². The number of carbonyl (C=O) groups is 1. The zero-order valence-corrected chi connectivity index (χ0v) is 14.5. The number of benzene rings is 1. The molecule has 124 valence electrons. The quantitative estimate of drug-likeness (QED) is 0.623. The smallest absolute Gasteiger partial charge is 0.319 e. The van der Waals surface area contributed by atoms with Gasteiger partial charge in [-0.3, -0.25) is 4.79 Å². The van der Waals surface area contributed by atoms with E-state index < -0.39 is 0 Å². The average Bonchev–Trinajstić information content (AvgIpc) is 2.89. The number of thioether (sulfide) groups is 1. The minimum Gasteiger partial charge on any atom is -0.465 e. The Morgan fingerprint density at radius 2 is 2.26 bits per heavy atom. The molecule has 23 heavy (non-hydrogen) atoms. The number of esters is 1. The van der Waals surface area contributed by atoms with Crippen molar-refractivity contribution in [2.24, 2.45) is 0 Å². The summed E-state index contributed by atoms with van der Waals surface area (Å²) in [6.07, 6.45) is 1.65. The molecule has 0 aliphatic rings. The van der Waals surface area contributed by atoms with Crippen LogP contribution in [0.25, 0.3) is 0 Å². The first-order valence-electron chi connectivity index (χ1n) is 7.59. The Morgan fingerprint density at radius 1 is 1.48 bits per heavy atom. The molecular formula is C17H22N2O3S. The van der Waals surface area contributed by atoms with E-state index in [1.54, 1.807) is 20.0 Å². The monoisotopic (exact) mass is 334 g/mol. The fraction of sp³-hybridized carbons (Fsp3) is 0.412. The molecule has 0 bridgehead atoms. The maximum absolute atomic E-state index is 11.8. The second-order valence-corrected chi connectivity index (χ2v) is 6.59. The van der Waals surface area contributed by atoms with E-state index in [4.69, 9.17) is 4.74 Å². The number of hydrogen-bond donors (Lipinski definition) is 1. The predicted molar refractivity (Wildman–Crippen MR) is 90.4 cm³/mol. The van der Waals surface area contributed by atoms with Gasteiger partial charge in [-0.2, -0.15) is 0 Å². The van der Waals surface area contributed by atoms with E-state index in [2.05, 4.69) is 11.1 Å². The van der Waals surface area contributed by atoms with Gasteiger partial charge < -0.3 is 14.4 Å². The summed E-state index contributed by atoms with van der Waals surface area (Å²) in [5.41, 5.74) is 3.04. The van der Waals surface area contributed by atoms with Gasteiger partial charge in [0.2, 0.25) is 0 Å². The third-order valence-electron chi connectivity index (χ3n) is 3.39. The molecule has 0 fully saturated rings. The molecule has 0 radical (unpaired) electrons. The first kappa shape index (κ1) is 17.6. The SMILES string of the molecule is CCOC(=O)C(C)Sc1ncc(CO)n1Cc1cccc(C)c1. The summed E-state index contributed by atoms with van der Waals surface area (Å²) in [5.74, 6) is -0.256. The number of aliphatic hydroxyl groups excluding tert-OH is 1. The molecule has 1 aromatic heterocycles. The maximum Gasteiger partial charge on any atom is 0.319 e. The van der Waals surface area contributed by atoms with Crippen molar-refractivity contribution in [1.29, 1.82) is 0 Å². The second-order valence-electron chi connectivity index (χ2n) is 5.28. The van der Waals surface area contributed by atoms with E-state index in [1.807, 2.05) is 29.7 Å². The van der Waals surface area contributed by atoms with Crippen LogP contribution in [0.5, 0.6) is 0 Å². The Labute approximate surface area is 140 Å². The van der Waals surface area contributed by atoms with Gasteiger partial charge in [-0.25, -0.2) is 4.98 Å². The number of hydrogen-bond acceptors (Lipinski definition) is 5. The summed E-state index contributed by atoms with van der Waals surface area (Å²) < 4.78 is 6.98. The molecule has 0 saturated heterocycles. The molecule has 1 unspecified atom stereocenters. The molecule has 0 aliphatic carbocycles. The van der Waals surface area contributed by atoms with E-state index in [0.29, 0.717) is 18.3 Å². The number of aryl methyl sites for hydroxylation is 1. The maximum atomic E-state index is 11.8. The first-order valence-corrected chi connectivity index (χ1v) is 8.47. The molecule has 1 aromatic carbocycles. The fourth-order valence-electron chi connectivity index (χ4n) is 2.24. The number of carbonyl (C=O) groups excluding carboxylic acids is 1. The largest absolute Gasteiger partial charge is 0.465 e. The average molecular weight is 334 g/mol. The van der Waals surface area contributed by atoms with Crippen molar-refractivity contribution in [3.63, 3.8) is 0 Å². The normalized spacial score (nSPS) is 12.2. The standard InChI is InChI=1S/C17H22N2O3S/c1-4-22-16(21)13(3)23-17-18-9-15(11-20)19(17)10-14-7-5-6-12(2)8-14/h5-9,13,20H,4,10-11H2,1-3H3. The van der Waals surface area contributed by atoms with Crippen LogP contribution in [0, 0.1) is 6.92 Å². The molecule has 2 rings (SSSR count). The highest BCUT2D eigenvalue weighted by Crippen LogP contribution is 2.25. The van der Waals surface area contributed by atoms with Crippen LogP contribution < -0.4 is 0 Å². The third kappa shape index (κ3) is 4.59. The lowest BCUT2D eigenvalue weighted by Crippen LogP contribution is -2.18. The topological polar surface area (TPSA) is 64.3 Å².